The summed E-state index contributed by atoms with van der Waals surface area (Å²) in [5, 5.41) is 14.0. The SMILES string of the molecule is CC(CC(=O)O)=P(c1ccccc1)(c1ccccc1)c1ccccc1. The van der Waals surface area contributed by atoms with Gasteiger partial charge in [0.1, 0.15) is 0 Å². The molecule has 0 aliphatic carbocycles. The van der Waals surface area contributed by atoms with Crippen LogP contribution in [0.3, 0.4) is 0 Å². The first-order valence-electron chi connectivity index (χ1n) is 8.26. The fraction of sp³-hybridized carbons (Fsp3) is 0.0909. The van der Waals surface area contributed by atoms with Crippen LogP contribution in [0.4, 0.5) is 0 Å². The molecular weight excluding hydrogens is 327 g/mol. The van der Waals surface area contributed by atoms with E-state index in [0.29, 0.717) is 0 Å². The lowest BCUT2D eigenvalue weighted by Gasteiger charge is -2.31. The molecule has 0 aliphatic heterocycles. The van der Waals surface area contributed by atoms with Gasteiger partial charge in [-0.3, -0.25) is 4.79 Å². The lowest BCUT2D eigenvalue weighted by atomic mass is 10.3. The highest BCUT2D eigenvalue weighted by molar-refractivity contribution is 7.95. The average molecular weight is 348 g/mol. The highest BCUT2D eigenvalue weighted by Crippen LogP contribution is 2.46. The Bertz CT molecular complexity index is 797. The molecule has 0 atom stereocenters. The van der Waals surface area contributed by atoms with Crippen LogP contribution >= 0.6 is 6.89 Å². The molecule has 0 unspecified atom stereocenters. The fourth-order valence-corrected chi connectivity index (χ4v) is 7.85. The quantitative estimate of drug-likeness (QED) is 0.715. The summed E-state index contributed by atoms with van der Waals surface area (Å²) >= 11 is 0. The number of carboxylic acid groups (broad SMARTS) is 1. The van der Waals surface area contributed by atoms with Crippen LogP contribution in [-0.4, -0.2) is 16.4 Å². The summed E-state index contributed by atoms with van der Waals surface area (Å²) in [6, 6.07) is 30.9. The summed E-state index contributed by atoms with van der Waals surface area (Å²) in [4.78, 5) is 11.5. The van der Waals surface area contributed by atoms with Crippen LogP contribution in [0.5, 0.6) is 0 Å². The molecule has 0 saturated heterocycles. The monoisotopic (exact) mass is 348 g/mol. The topological polar surface area (TPSA) is 37.3 Å². The molecule has 0 aliphatic rings. The third-order valence-corrected chi connectivity index (χ3v) is 8.93. The fourth-order valence-electron chi connectivity index (χ4n) is 3.40. The smallest absolute Gasteiger partial charge is 0.307 e. The van der Waals surface area contributed by atoms with E-state index in [2.05, 4.69) is 36.4 Å². The largest absolute Gasteiger partial charge is 0.481 e. The van der Waals surface area contributed by atoms with Crippen molar-refractivity contribution < 1.29 is 9.90 Å². The molecule has 3 rings (SSSR count). The molecule has 25 heavy (non-hydrogen) atoms. The molecule has 3 aromatic rings. The van der Waals surface area contributed by atoms with Crippen LogP contribution in [0.25, 0.3) is 0 Å². The van der Waals surface area contributed by atoms with E-state index in [1.165, 1.54) is 15.9 Å². The van der Waals surface area contributed by atoms with Crippen molar-refractivity contribution in [2.45, 2.75) is 13.3 Å². The number of hydrogen-bond acceptors (Lipinski definition) is 1. The maximum atomic E-state index is 11.5. The van der Waals surface area contributed by atoms with Crippen molar-refractivity contribution in [3.05, 3.63) is 91.0 Å². The van der Waals surface area contributed by atoms with E-state index in [0.717, 1.165) is 5.29 Å². The minimum Gasteiger partial charge on any atom is -0.481 e. The second-order valence-corrected chi connectivity index (χ2v) is 9.64. The highest BCUT2D eigenvalue weighted by Gasteiger charge is 2.28. The van der Waals surface area contributed by atoms with Gasteiger partial charge in [0.05, 0.1) is 6.42 Å². The average Bonchev–Trinajstić information content (AvgIpc) is 2.64. The van der Waals surface area contributed by atoms with Crippen molar-refractivity contribution in [2.24, 2.45) is 0 Å². The second-order valence-electron chi connectivity index (χ2n) is 5.98. The minimum atomic E-state index is -2.16. The Hall–Kier alpha value is -2.57. The summed E-state index contributed by atoms with van der Waals surface area (Å²) in [6.45, 7) is -0.167. The van der Waals surface area contributed by atoms with Gasteiger partial charge in [-0.1, -0.05) is 96.3 Å². The Balaban J connectivity index is 2.47. The van der Waals surface area contributed by atoms with Crippen LogP contribution in [0.1, 0.15) is 13.3 Å². The first kappa shape index (κ1) is 17.3. The van der Waals surface area contributed by atoms with Gasteiger partial charge >= 0.3 is 5.97 Å². The van der Waals surface area contributed by atoms with Gasteiger partial charge in [-0.05, 0) is 29.7 Å². The van der Waals surface area contributed by atoms with Crippen LogP contribution in [0.2, 0.25) is 0 Å². The van der Waals surface area contributed by atoms with Gasteiger partial charge in [-0.2, -0.15) is 0 Å². The molecular formula is C22H21O2P. The zero-order valence-electron chi connectivity index (χ0n) is 14.2. The summed E-state index contributed by atoms with van der Waals surface area (Å²) < 4.78 is 0. The minimum absolute atomic E-state index is 0.0620. The predicted molar refractivity (Wildman–Crippen MR) is 108 cm³/mol. The Labute approximate surface area is 148 Å². The van der Waals surface area contributed by atoms with Crippen molar-refractivity contribution >= 4 is 34.1 Å². The lowest BCUT2D eigenvalue weighted by molar-refractivity contribution is -0.135. The van der Waals surface area contributed by atoms with Gasteiger partial charge in [0.2, 0.25) is 0 Å². The zero-order chi connectivity index (χ0) is 17.7. The maximum absolute atomic E-state index is 11.5. The third-order valence-electron chi connectivity index (χ3n) is 4.41. The molecule has 3 aromatic carbocycles. The number of carbonyl (C=O) groups is 1. The van der Waals surface area contributed by atoms with Crippen LogP contribution in [0, 0.1) is 0 Å². The van der Waals surface area contributed by atoms with E-state index in [4.69, 9.17) is 0 Å². The standard InChI is InChI=1S/C22H21O2P/c1-18(17-22(23)24)25(19-11-5-2-6-12-19,20-13-7-3-8-14-20)21-15-9-4-10-16-21/h2-16H,17H2,1H3,(H,23,24). The molecule has 0 heterocycles. The molecule has 0 spiro atoms. The number of aliphatic carboxylic acids is 1. The molecule has 0 radical (unpaired) electrons. The van der Waals surface area contributed by atoms with Gasteiger partial charge in [0, 0.05) is 0 Å². The zero-order valence-corrected chi connectivity index (χ0v) is 15.1. The number of carboxylic acids is 1. The molecule has 126 valence electrons. The molecule has 1 N–H and O–H groups in total. The first-order chi connectivity index (χ1) is 12.2. The Morgan fingerprint density at radius 2 is 1.04 bits per heavy atom. The normalized spacial score (nSPS) is 11.1. The Morgan fingerprint density at radius 3 is 1.32 bits per heavy atom. The van der Waals surface area contributed by atoms with Gasteiger partial charge in [-0.25, -0.2) is 0 Å². The van der Waals surface area contributed by atoms with E-state index in [9.17, 15) is 9.90 Å². The van der Waals surface area contributed by atoms with Crippen LogP contribution in [0.15, 0.2) is 91.0 Å². The van der Waals surface area contributed by atoms with Crippen molar-refractivity contribution in [1.29, 1.82) is 0 Å². The van der Waals surface area contributed by atoms with Gasteiger partial charge in [0.25, 0.3) is 0 Å². The predicted octanol–water partition coefficient (Wildman–Crippen LogP) is 3.65. The second kappa shape index (κ2) is 7.55. The molecule has 0 saturated carbocycles. The van der Waals surface area contributed by atoms with E-state index in [1.807, 2.05) is 61.5 Å². The first-order valence-corrected chi connectivity index (χ1v) is 10.1. The van der Waals surface area contributed by atoms with Crippen molar-refractivity contribution in [3.8, 4) is 0 Å². The molecule has 0 fully saturated rings. The van der Waals surface area contributed by atoms with Crippen molar-refractivity contribution in [2.75, 3.05) is 0 Å². The highest BCUT2D eigenvalue weighted by atomic mass is 31.2. The maximum Gasteiger partial charge on any atom is 0.307 e. The van der Waals surface area contributed by atoms with Crippen LogP contribution < -0.4 is 15.9 Å². The Morgan fingerprint density at radius 1 is 0.720 bits per heavy atom. The van der Waals surface area contributed by atoms with E-state index in [-0.39, 0.29) is 6.42 Å². The van der Waals surface area contributed by atoms with Crippen LogP contribution in [-0.2, 0) is 4.79 Å². The Kier molecular flexibility index (Phi) is 5.21. The molecule has 3 heteroatoms. The molecule has 0 bridgehead atoms. The lowest BCUT2D eigenvalue weighted by Crippen LogP contribution is -2.30. The van der Waals surface area contributed by atoms with Gasteiger partial charge in [0.15, 0.2) is 0 Å². The van der Waals surface area contributed by atoms with Crippen molar-refractivity contribution in [1.82, 2.24) is 0 Å². The van der Waals surface area contributed by atoms with E-state index < -0.39 is 12.9 Å². The number of hydrogen-bond donors (Lipinski definition) is 1. The number of benzene rings is 3. The van der Waals surface area contributed by atoms with Gasteiger partial charge < -0.3 is 5.11 Å². The summed E-state index contributed by atoms with van der Waals surface area (Å²) in [6.07, 6.45) is 0.0620. The van der Waals surface area contributed by atoms with E-state index in [1.54, 1.807) is 0 Å². The molecule has 2 nitrogen and oxygen atoms in total. The molecule has 0 amide bonds. The summed E-state index contributed by atoms with van der Waals surface area (Å²) in [7, 11) is 0. The summed E-state index contributed by atoms with van der Waals surface area (Å²) in [5.41, 5.74) is 0. The number of rotatable bonds is 5. The summed E-state index contributed by atoms with van der Waals surface area (Å²) in [5.74, 6) is -0.787. The van der Waals surface area contributed by atoms with Crippen molar-refractivity contribution in [3.63, 3.8) is 0 Å². The third kappa shape index (κ3) is 3.31. The molecule has 0 aromatic heterocycles. The van der Waals surface area contributed by atoms with E-state index >= 15 is 0 Å². The van der Waals surface area contributed by atoms with Gasteiger partial charge in [-0.15, -0.1) is 0 Å².